The molecule has 1 unspecified atom stereocenters. The van der Waals surface area contributed by atoms with Crippen LogP contribution in [0.1, 0.15) is 26.0 Å². The molecule has 0 saturated heterocycles. The van der Waals surface area contributed by atoms with Crippen LogP contribution >= 0.6 is 0 Å². The van der Waals surface area contributed by atoms with Gasteiger partial charge in [-0.1, -0.05) is 13.0 Å². The van der Waals surface area contributed by atoms with Crippen molar-refractivity contribution in [2.24, 2.45) is 0 Å². The standard InChI is InChI=1S/C12H18N2O3S/c1-4-8-18(16,17)10(3)12(15)14-11-7-5-6-9(2)13-11/h5-7,10H,4,8H2,1-3H3,(H,13,14,15). The predicted octanol–water partition coefficient (Wildman–Crippen LogP) is 1.54. The number of pyridine rings is 1. The molecule has 0 spiro atoms. The molecule has 6 heteroatoms. The van der Waals surface area contributed by atoms with Gasteiger partial charge in [-0.15, -0.1) is 0 Å². The maximum atomic E-state index is 11.8. The van der Waals surface area contributed by atoms with Gasteiger partial charge in [0.1, 0.15) is 11.1 Å². The third kappa shape index (κ3) is 3.80. The van der Waals surface area contributed by atoms with Crippen LogP contribution in [0.15, 0.2) is 18.2 Å². The van der Waals surface area contributed by atoms with Gasteiger partial charge in [-0.2, -0.15) is 0 Å². The van der Waals surface area contributed by atoms with Crippen LogP contribution in [-0.2, 0) is 14.6 Å². The molecule has 0 radical (unpaired) electrons. The average molecular weight is 270 g/mol. The van der Waals surface area contributed by atoms with Crippen molar-refractivity contribution in [1.29, 1.82) is 0 Å². The van der Waals surface area contributed by atoms with E-state index in [2.05, 4.69) is 10.3 Å². The van der Waals surface area contributed by atoms with Crippen molar-refractivity contribution in [3.8, 4) is 0 Å². The third-order valence-corrected chi connectivity index (χ3v) is 4.80. The minimum absolute atomic E-state index is 0.0167. The van der Waals surface area contributed by atoms with Gasteiger partial charge in [-0.25, -0.2) is 13.4 Å². The van der Waals surface area contributed by atoms with Crippen molar-refractivity contribution in [2.45, 2.75) is 32.4 Å². The smallest absolute Gasteiger partial charge is 0.243 e. The van der Waals surface area contributed by atoms with E-state index in [4.69, 9.17) is 0 Å². The van der Waals surface area contributed by atoms with Crippen molar-refractivity contribution in [3.05, 3.63) is 23.9 Å². The average Bonchev–Trinajstić information content (AvgIpc) is 2.27. The van der Waals surface area contributed by atoms with Gasteiger partial charge < -0.3 is 5.32 Å². The minimum Gasteiger partial charge on any atom is -0.310 e. The fourth-order valence-corrected chi connectivity index (χ4v) is 2.77. The zero-order valence-electron chi connectivity index (χ0n) is 10.8. The molecule has 5 nitrogen and oxygen atoms in total. The third-order valence-electron chi connectivity index (χ3n) is 2.54. The molecule has 18 heavy (non-hydrogen) atoms. The van der Waals surface area contributed by atoms with E-state index >= 15 is 0 Å². The zero-order valence-corrected chi connectivity index (χ0v) is 11.6. The van der Waals surface area contributed by atoms with Crippen molar-refractivity contribution >= 4 is 21.6 Å². The van der Waals surface area contributed by atoms with Crippen molar-refractivity contribution in [1.82, 2.24) is 4.98 Å². The number of nitrogens with zero attached hydrogens (tertiary/aromatic N) is 1. The quantitative estimate of drug-likeness (QED) is 0.880. The second-order valence-electron chi connectivity index (χ2n) is 4.16. The van der Waals surface area contributed by atoms with E-state index in [0.717, 1.165) is 5.69 Å². The number of aromatic nitrogens is 1. The summed E-state index contributed by atoms with van der Waals surface area (Å²) in [6.07, 6.45) is 0.503. The van der Waals surface area contributed by atoms with Crippen LogP contribution in [0, 0.1) is 6.92 Å². The highest BCUT2D eigenvalue weighted by atomic mass is 32.2. The molecule has 0 aliphatic heterocycles. The minimum atomic E-state index is -3.38. The SMILES string of the molecule is CCCS(=O)(=O)C(C)C(=O)Nc1cccc(C)n1. The van der Waals surface area contributed by atoms with Crippen LogP contribution in [0.25, 0.3) is 0 Å². The van der Waals surface area contributed by atoms with Crippen molar-refractivity contribution in [3.63, 3.8) is 0 Å². The molecule has 1 heterocycles. The molecule has 0 fully saturated rings. The van der Waals surface area contributed by atoms with Gasteiger partial charge in [0.05, 0.1) is 5.75 Å². The molecular weight excluding hydrogens is 252 g/mol. The Morgan fingerprint density at radius 2 is 2.11 bits per heavy atom. The maximum absolute atomic E-state index is 11.8. The van der Waals surface area contributed by atoms with E-state index < -0.39 is 21.0 Å². The summed E-state index contributed by atoms with van der Waals surface area (Å²) < 4.78 is 23.5. The van der Waals surface area contributed by atoms with Gasteiger partial charge >= 0.3 is 0 Å². The van der Waals surface area contributed by atoms with E-state index in [0.29, 0.717) is 12.2 Å². The Labute approximate surface area is 108 Å². The number of nitrogens with one attached hydrogen (secondary N) is 1. The summed E-state index contributed by atoms with van der Waals surface area (Å²) >= 11 is 0. The first-order valence-electron chi connectivity index (χ1n) is 5.83. The molecule has 1 atom stereocenters. The Morgan fingerprint density at radius 3 is 2.67 bits per heavy atom. The molecule has 1 N–H and O–H groups in total. The fourth-order valence-electron chi connectivity index (χ4n) is 1.46. The highest BCUT2D eigenvalue weighted by molar-refractivity contribution is 7.92. The molecule has 1 amide bonds. The molecule has 0 aliphatic rings. The number of sulfone groups is 1. The molecule has 0 bridgehead atoms. The normalized spacial score (nSPS) is 13.1. The number of amides is 1. The Bertz CT molecular complexity index is 526. The first kappa shape index (κ1) is 14.6. The van der Waals surface area contributed by atoms with E-state index in [1.54, 1.807) is 32.0 Å². The van der Waals surface area contributed by atoms with Gasteiger partial charge in [0.15, 0.2) is 9.84 Å². The van der Waals surface area contributed by atoms with Gasteiger partial charge in [0, 0.05) is 5.69 Å². The van der Waals surface area contributed by atoms with Gasteiger partial charge in [-0.05, 0) is 32.4 Å². The van der Waals surface area contributed by atoms with Gasteiger partial charge in [-0.3, -0.25) is 4.79 Å². The van der Waals surface area contributed by atoms with Crippen LogP contribution in [0.2, 0.25) is 0 Å². The topological polar surface area (TPSA) is 76.1 Å². The van der Waals surface area contributed by atoms with Crippen LogP contribution < -0.4 is 5.32 Å². The van der Waals surface area contributed by atoms with E-state index in [1.807, 2.05) is 0 Å². The molecule has 0 aromatic carbocycles. The lowest BCUT2D eigenvalue weighted by atomic mass is 10.3. The van der Waals surface area contributed by atoms with Crippen LogP contribution in [-0.4, -0.2) is 30.3 Å². The summed E-state index contributed by atoms with van der Waals surface area (Å²) in [7, 11) is -3.38. The Kier molecular flexibility index (Phi) is 4.84. The summed E-state index contributed by atoms with van der Waals surface area (Å²) in [6.45, 7) is 4.97. The first-order valence-corrected chi connectivity index (χ1v) is 7.54. The monoisotopic (exact) mass is 270 g/mol. The number of carbonyl (C=O) groups is 1. The predicted molar refractivity (Wildman–Crippen MR) is 71.1 cm³/mol. The highest BCUT2D eigenvalue weighted by Gasteiger charge is 2.27. The molecule has 100 valence electrons. The summed E-state index contributed by atoms with van der Waals surface area (Å²) in [5.41, 5.74) is 0.761. The zero-order chi connectivity index (χ0) is 13.8. The molecule has 1 aromatic heterocycles. The summed E-state index contributed by atoms with van der Waals surface area (Å²) in [4.78, 5) is 15.9. The lowest BCUT2D eigenvalue weighted by Crippen LogP contribution is -2.34. The number of rotatable bonds is 5. The highest BCUT2D eigenvalue weighted by Crippen LogP contribution is 2.09. The van der Waals surface area contributed by atoms with Crippen LogP contribution in [0.3, 0.4) is 0 Å². The Balaban J connectivity index is 2.77. The second kappa shape index (κ2) is 5.95. The molecular formula is C12H18N2O3S. The fraction of sp³-hybridized carbons (Fsp3) is 0.500. The van der Waals surface area contributed by atoms with Crippen molar-refractivity contribution in [2.75, 3.05) is 11.1 Å². The van der Waals surface area contributed by atoms with Crippen LogP contribution in [0.4, 0.5) is 5.82 Å². The lowest BCUT2D eigenvalue weighted by Gasteiger charge is -2.12. The van der Waals surface area contributed by atoms with Crippen LogP contribution in [0.5, 0.6) is 0 Å². The first-order chi connectivity index (χ1) is 8.36. The largest absolute Gasteiger partial charge is 0.310 e. The van der Waals surface area contributed by atoms with E-state index in [-0.39, 0.29) is 5.75 Å². The Hall–Kier alpha value is -1.43. The van der Waals surface area contributed by atoms with Gasteiger partial charge in [0.2, 0.25) is 5.91 Å². The molecule has 1 aromatic rings. The number of hydrogen-bond donors (Lipinski definition) is 1. The Morgan fingerprint density at radius 1 is 1.44 bits per heavy atom. The number of aryl methyl sites for hydroxylation is 1. The van der Waals surface area contributed by atoms with Crippen molar-refractivity contribution < 1.29 is 13.2 Å². The summed E-state index contributed by atoms with van der Waals surface area (Å²) in [5.74, 6) is -0.150. The summed E-state index contributed by atoms with van der Waals surface area (Å²) in [6, 6.07) is 5.18. The summed E-state index contributed by atoms with van der Waals surface area (Å²) in [5, 5.41) is 1.46. The molecule has 1 rings (SSSR count). The van der Waals surface area contributed by atoms with Gasteiger partial charge in [0.25, 0.3) is 0 Å². The maximum Gasteiger partial charge on any atom is 0.243 e. The lowest BCUT2D eigenvalue weighted by molar-refractivity contribution is -0.115. The van der Waals surface area contributed by atoms with E-state index in [9.17, 15) is 13.2 Å². The molecule has 0 aliphatic carbocycles. The number of hydrogen-bond acceptors (Lipinski definition) is 4. The second-order valence-corrected chi connectivity index (χ2v) is 6.60. The number of carbonyl (C=O) groups excluding carboxylic acids is 1. The molecule has 0 saturated carbocycles. The van der Waals surface area contributed by atoms with E-state index in [1.165, 1.54) is 6.92 Å². The number of anilines is 1.